The molecule has 0 unspecified atom stereocenters. The molecule has 0 aliphatic heterocycles. The van der Waals surface area contributed by atoms with Gasteiger partial charge in [0.15, 0.2) is 12.4 Å². The topological polar surface area (TPSA) is 47.0 Å². The Morgan fingerprint density at radius 3 is 1.82 bits per heavy atom. The summed E-state index contributed by atoms with van der Waals surface area (Å²) < 4.78 is 2.12. The lowest BCUT2D eigenvalue weighted by atomic mass is 10.1. The maximum atomic E-state index is 11.0. The Bertz CT molecular complexity index is 393. The molecule has 0 atom stereocenters. The molecule has 0 aliphatic rings. The van der Waals surface area contributed by atoms with Gasteiger partial charge in [0.2, 0.25) is 5.91 Å². The van der Waals surface area contributed by atoms with Crippen LogP contribution in [0.4, 0.5) is 0 Å². The van der Waals surface area contributed by atoms with Crippen LogP contribution in [0.25, 0.3) is 0 Å². The van der Waals surface area contributed by atoms with E-state index in [-0.39, 0.29) is 22.9 Å². The third-order valence-corrected chi connectivity index (χ3v) is 3.95. The molecule has 0 radical (unpaired) electrons. The second-order valence-electron chi connectivity index (χ2n) is 5.87. The van der Waals surface area contributed by atoms with E-state index in [4.69, 9.17) is 5.73 Å². The van der Waals surface area contributed by atoms with E-state index in [0.717, 1.165) is 6.54 Å². The smallest absolute Gasteiger partial charge is 0.249 e. The third kappa shape index (κ3) is 9.93. The van der Waals surface area contributed by atoms with Gasteiger partial charge in [-0.1, -0.05) is 58.3 Å². The number of hydrogen-bond donors (Lipinski definition) is 1. The van der Waals surface area contributed by atoms with Gasteiger partial charge < -0.3 is 5.73 Å². The van der Waals surface area contributed by atoms with E-state index in [9.17, 15) is 4.79 Å². The molecule has 0 spiro atoms. The van der Waals surface area contributed by atoms with Crippen molar-refractivity contribution < 1.29 is 9.36 Å². The van der Waals surface area contributed by atoms with Gasteiger partial charge in [0, 0.05) is 18.6 Å². The lowest BCUT2D eigenvalue weighted by Crippen LogP contribution is -2.33. The summed E-state index contributed by atoms with van der Waals surface area (Å²) in [4.78, 5) is 11.0. The summed E-state index contributed by atoms with van der Waals surface area (Å²) in [5.74, 6) is -0.360. The fraction of sp³-hybridized carbons (Fsp3) is 0.667. The van der Waals surface area contributed by atoms with Crippen molar-refractivity contribution in [3.8, 4) is 0 Å². The van der Waals surface area contributed by atoms with Crippen molar-refractivity contribution in [1.29, 1.82) is 0 Å². The predicted molar refractivity (Wildman–Crippen MR) is 97.3 cm³/mol. The van der Waals surface area contributed by atoms with Crippen molar-refractivity contribution in [3.63, 3.8) is 0 Å². The quantitative estimate of drug-likeness (QED) is 0.424. The highest BCUT2D eigenvalue weighted by molar-refractivity contribution is 8.93. The largest absolute Gasteiger partial charge is 0.366 e. The standard InChI is InChI=1S/C18H30N2O.BrH/c1-2-3-4-5-6-7-8-9-10-11-14-20-15-12-17(13-16-20)18(19)21;/h12-13,15-16H,2-11,14H2,1H3,(H-,19,21);1H/p+1. The van der Waals surface area contributed by atoms with E-state index in [2.05, 4.69) is 11.5 Å². The van der Waals surface area contributed by atoms with Gasteiger partial charge in [-0.2, -0.15) is 0 Å². The van der Waals surface area contributed by atoms with E-state index in [1.165, 1.54) is 64.2 Å². The molecule has 0 fully saturated rings. The molecule has 1 amide bonds. The molecule has 0 bridgehead atoms. The van der Waals surface area contributed by atoms with E-state index in [1.54, 1.807) is 12.1 Å². The zero-order chi connectivity index (χ0) is 15.3. The highest BCUT2D eigenvalue weighted by Crippen LogP contribution is 2.10. The van der Waals surface area contributed by atoms with Gasteiger partial charge in [0.05, 0.1) is 5.56 Å². The number of carbonyl (C=O) groups is 1. The van der Waals surface area contributed by atoms with Crippen molar-refractivity contribution in [2.24, 2.45) is 5.73 Å². The van der Waals surface area contributed by atoms with Crippen LogP contribution in [0.3, 0.4) is 0 Å². The SMILES string of the molecule is Br.CCCCCCCCCCCC[n+]1ccc(C(N)=O)cc1. The van der Waals surface area contributed by atoms with Gasteiger partial charge in [-0.05, 0) is 6.42 Å². The van der Waals surface area contributed by atoms with E-state index in [1.807, 2.05) is 12.4 Å². The number of rotatable bonds is 12. The zero-order valence-electron chi connectivity index (χ0n) is 13.9. The Kier molecular flexibility index (Phi) is 13.2. The minimum absolute atomic E-state index is 0. The molecule has 0 aromatic carbocycles. The number of carbonyl (C=O) groups excluding carboxylic acids is 1. The summed E-state index contributed by atoms with van der Waals surface area (Å²) in [6, 6.07) is 3.58. The Balaban J connectivity index is 0.00000441. The summed E-state index contributed by atoms with van der Waals surface area (Å²) >= 11 is 0. The van der Waals surface area contributed by atoms with Crippen LogP contribution in [0.1, 0.15) is 81.5 Å². The molecule has 1 heterocycles. The van der Waals surface area contributed by atoms with Crippen LogP contribution in [0.2, 0.25) is 0 Å². The van der Waals surface area contributed by atoms with Gasteiger partial charge in [-0.15, -0.1) is 17.0 Å². The highest BCUT2D eigenvalue weighted by atomic mass is 79.9. The molecule has 1 rings (SSSR count). The van der Waals surface area contributed by atoms with E-state index >= 15 is 0 Å². The molecule has 4 heteroatoms. The Labute approximate surface area is 146 Å². The molecule has 126 valence electrons. The van der Waals surface area contributed by atoms with Gasteiger partial charge in [-0.25, -0.2) is 4.57 Å². The van der Waals surface area contributed by atoms with E-state index in [0.29, 0.717) is 5.56 Å². The van der Waals surface area contributed by atoms with Crippen molar-refractivity contribution in [2.45, 2.75) is 77.7 Å². The van der Waals surface area contributed by atoms with Gasteiger partial charge >= 0.3 is 0 Å². The van der Waals surface area contributed by atoms with Crippen LogP contribution in [0, 0.1) is 0 Å². The number of aromatic nitrogens is 1. The summed E-state index contributed by atoms with van der Waals surface area (Å²) in [7, 11) is 0. The van der Waals surface area contributed by atoms with Crippen molar-refractivity contribution >= 4 is 22.9 Å². The van der Waals surface area contributed by atoms with Crippen molar-refractivity contribution in [2.75, 3.05) is 0 Å². The summed E-state index contributed by atoms with van der Waals surface area (Å²) in [6.07, 6.45) is 17.4. The number of aryl methyl sites for hydroxylation is 1. The van der Waals surface area contributed by atoms with Crippen LogP contribution in [-0.2, 0) is 6.54 Å². The average Bonchev–Trinajstić information content (AvgIpc) is 2.49. The normalized spacial score (nSPS) is 10.2. The fourth-order valence-corrected chi connectivity index (χ4v) is 2.55. The van der Waals surface area contributed by atoms with Crippen molar-refractivity contribution in [3.05, 3.63) is 30.1 Å². The fourth-order valence-electron chi connectivity index (χ4n) is 2.55. The molecule has 3 nitrogen and oxygen atoms in total. The first kappa shape index (κ1) is 21.1. The minimum atomic E-state index is -0.360. The molecule has 1 aromatic heterocycles. The number of halogens is 1. The summed E-state index contributed by atoms with van der Waals surface area (Å²) in [5, 5.41) is 0. The first-order valence-electron chi connectivity index (χ1n) is 8.53. The molecular weight excluding hydrogens is 340 g/mol. The monoisotopic (exact) mass is 371 g/mol. The van der Waals surface area contributed by atoms with Gasteiger partial charge in [0.25, 0.3) is 0 Å². The van der Waals surface area contributed by atoms with Crippen LogP contribution in [0.15, 0.2) is 24.5 Å². The van der Waals surface area contributed by atoms with Crippen LogP contribution >= 0.6 is 17.0 Å². The number of primary amides is 1. The molecule has 0 aliphatic carbocycles. The number of nitrogens with zero attached hydrogens (tertiary/aromatic N) is 1. The van der Waals surface area contributed by atoms with E-state index < -0.39 is 0 Å². The molecule has 0 saturated heterocycles. The first-order chi connectivity index (χ1) is 10.2. The van der Waals surface area contributed by atoms with Crippen LogP contribution < -0.4 is 10.3 Å². The third-order valence-electron chi connectivity index (χ3n) is 3.95. The second kappa shape index (κ2) is 13.7. The Morgan fingerprint density at radius 1 is 0.909 bits per heavy atom. The number of pyridine rings is 1. The maximum Gasteiger partial charge on any atom is 0.249 e. The highest BCUT2D eigenvalue weighted by Gasteiger charge is 2.04. The maximum absolute atomic E-state index is 11.0. The Hall–Kier alpha value is -0.900. The van der Waals surface area contributed by atoms with Gasteiger partial charge in [-0.3, -0.25) is 4.79 Å². The number of amides is 1. The summed E-state index contributed by atoms with van der Waals surface area (Å²) in [5.41, 5.74) is 5.80. The first-order valence-corrected chi connectivity index (χ1v) is 8.53. The lowest BCUT2D eigenvalue weighted by molar-refractivity contribution is -0.697. The Morgan fingerprint density at radius 2 is 1.36 bits per heavy atom. The lowest BCUT2D eigenvalue weighted by Gasteiger charge is -2.01. The average molecular weight is 372 g/mol. The molecule has 0 saturated carbocycles. The molecule has 2 N–H and O–H groups in total. The zero-order valence-corrected chi connectivity index (χ0v) is 15.6. The van der Waals surface area contributed by atoms with Crippen LogP contribution in [0.5, 0.6) is 0 Å². The number of nitrogens with two attached hydrogens (primary N) is 1. The predicted octanol–water partition coefficient (Wildman–Crippen LogP) is 4.57. The van der Waals surface area contributed by atoms with Crippen molar-refractivity contribution in [1.82, 2.24) is 0 Å². The van der Waals surface area contributed by atoms with Gasteiger partial charge in [0.1, 0.15) is 6.54 Å². The minimum Gasteiger partial charge on any atom is -0.366 e. The number of unbranched alkanes of at least 4 members (excludes halogenated alkanes) is 9. The molecular formula is C18H32BrN2O+. The summed E-state index contributed by atoms with van der Waals surface area (Å²) in [6.45, 7) is 3.29. The van der Waals surface area contributed by atoms with Crippen LogP contribution in [-0.4, -0.2) is 5.91 Å². The number of hydrogen-bond acceptors (Lipinski definition) is 1. The molecule has 22 heavy (non-hydrogen) atoms. The second-order valence-corrected chi connectivity index (χ2v) is 5.87. The molecule has 1 aromatic rings.